The fraction of sp³-hybridized carbons (Fsp3) is 0.632. The second-order valence-electron chi connectivity index (χ2n) is 7.03. The van der Waals surface area contributed by atoms with E-state index in [1.165, 1.54) is 6.07 Å². The van der Waals surface area contributed by atoms with Crippen LogP contribution in [0.1, 0.15) is 44.6 Å². The van der Waals surface area contributed by atoms with Crippen LogP contribution in [0.2, 0.25) is 0 Å². The van der Waals surface area contributed by atoms with Crippen LogP contribution in [0.25, 0.3) is 0 Å². The molecule has 1 aliphatic carbocycles. The number of aliphatic hydroxyl groups is 1. The Balaban J connectivity index is 0.00000300. The van der Waals surface area contributed by atoms with Crippen molar-refractivity contribution in [3.63, 3.8) is 0 Å². The van der Waals surface area contributed by atoms with Gasteiger partial charge in [-0.25, -0.2) is 4.99 Å². The van der Waals surface area contributed by atoms with E-state index in [0.29, 0.717) is 36.1 Å². The SMILES string of the molecule is CCNC(=NCc1cc2c(cc1OC(F)F)OCO2)NCC1(O)CCCCC1.I. The number of rotatable bonds is 7. The van der Waals surface area contributed by atoms with E-state index >= 15 is 0 Å². The molecule has 0 atom stereocenters. The summed E-state index contributed by atoms with van der Waals surface area (Å²) < 4.78 is 40.7. The predicted molar refractivity (Wildman–Crippen MR) is 115 cm³/mol. The number of guanidine groups is 1. The number of fused-ring (bicyclic) bond motifs is 1. The number of alkyl halides is 2. The average molecular weight is 527 g/mol. The summed E-state index contributed by atoms with van der Waals surface area (Å²) in [5, 5.41) is 16.9. The Hall–Kier alpha value is -1.56. The molecule has 29 heavy (non-hydrogen) atoms. The number of ether oxygens (including phenoxy) is 3. The Kier molecular flexibility index (Phi) is 9.00. The first-order chi connectivity index (χ1) is 13.5. The van der Waals surface area contributed by atoms with Gasteiger partial charge >= 0.3 is 6.61 Å². The van der Waals surface area contributed by atoms with Gasteiger partial charge in [0.25, 0.3) is 0 Å². The quantitative estimate of drug-likeness (QED) is 0.287. The number of benzene rings is 1. The highest BCUT2D eigenvalue weighted by molar-refractivity contribution is 14.0. The molecule has 0 saturated heterocycles. The monoisotopic (exact) mass is 527 g/mol. The lowest BCUT2D eigenvalue weighted by Crippen LogP contribution is -2.48. The molecule has 0 unspecified atom stereocenters. The molecule has 2 aliphatic rings. The molecule has 1 aromatic rings. The zero-order chi connectivity index (χ0) is 20.0. The third kappa shape index (κ3) is 6.73. The lowest BCUT2D eigenvalue weighted by atomic mass is 9.85. The van der Waals surface area contributed by atoms with Crippen LogP contribution in [0.5, 0.6) is 17.2 Å². The molecule has 1 saturated carbocycles. The molecular weight excluding hydrogens is 499 g/mol. The zero-order valence-electron chi connectivity index (χ0n) is 16.4. The molecule has 0 spiro atoms. The van der Waals surface area contributed by atoms with Gasteiger partial charge in [0, 0.05) is 24.7 Å². The zero-order valence-corrected chi connectivity index (χ0v) is 18.7. The number of halogens is 3. The second kappa shape index (κ2) is 11.0. The van der Waals surface area contributed by atoms with Crippen molar-refractivity contribution in [2.75, 3.05) is 19.9 Å². The van der Waals surface area contributed by atoms with Crippen LogP contribution >= 0.6 is 24.0 Å². The van der Waals surface area contributed by atoms with Crippen molar-refractivity contribution in [2.45, 2.75) is 57.8 Å². The summed E-state index contributed by atoms with van der Waals surface area (Å²) in [6.45, 7) is 0.144. The predicted octanol–water partition coefficient (Wildman–Crippen LogP) is 3.39. The van der Waals surface area contributed by atoms with Crippen LogP contribution in [0.3, 0.4) is 0 Å². The summed E-state index contributed by atoms with van der Waals surface area (Å²) in [6, 6.07) is 2.99. The molecule has 3 N–H and O–H groups in total. The molecule has 1 fully saturated rings. The van der Waals surface area contributed by atoms with Crippen molar-refractivity contribution in [3.05, 3.63) is 17.7 Å². The standard InChI is InChI=1S/C19H27F2N3O4.HI/c1-2-22-18(24-11-19(25)6-4-3-5-7-19)23-10-13-8-15-16(27-12-26-15)9-14(13)28-17(20)21;/h8-9,17,25H,2-7,10-12H2,1H3,(H2,22,23,24);1H. The van der Waals surface area contributed by atoms with Crippen LogP contribution in [0, 0.1) is 0 Å². The topological polar surface area (TPSA) is 84.3 Å². The molecule has 1 aromatic carbocycles. The molecule has 0 bridgehead atoms. The number of hydrogen-bond donors (Lipinski definition) is 3. The van der Waals surface area contributed by atoms with Gasteiger partial charge in [0.1, 0.15) is 5.75 Å². The Morgan fingerprint density at radius 3 is 2.55 bits per heavy atom. The van der Waals surface area contributed by atoms with E-state index in [1.807, 2.05) is 6.92 Å². The number of hydrogen-bond acceptors (Lipinski definition) is 5. The van der Waals surface area contributed by atoms with Gasteiger partial charge in [-0.05, 0) is 25.8 Å². The van der Waals surface area contributed by atoms with Crippen molar-refractivity contribution in [1.82, 2.24) is 10.6 Å². The van der Waals surface area contributed by atoms with Crippen LogP contribution in [-0.4, -0.2) is 43.2 Å². The van der Waals surface area contributed by atoms with Gasteiger partial charge in [-0.1, -0.05) is 19.3 Å². The maximum Gasteiger partial charge on any atom is 0.387 e. The first-order valence-electron chi connectivity index (χ1n) is 9.61. The normalized spacial score (nSPS) is 17.6. The Morgan fingerprint density at radius 2 is 1.90 bits per heavy atom. The fourth-order valence-electron chi connectivity index (χ4n) is 3.44. The Labute approximate surface area is 186 Å². The number of nitrogens with zero attached hydrogens (tertiary/aromatic N) is 1. The largest absolute Gasteiger partial charge is 0.454 e. The minimum atomic E-state index is -2.95. The van der Waals surface area contributed by atoms with E-state index in [1.54, 1.807) is 6.07 Å². The molecule has 0 aromatic heterocycles. The van der Waals surface area contributed by atoms with Gasteiger partial charge < -0.3 is 30.0 Å². The molecule has 1 aliphatic heterocycles. The molecule has 164 valence electrons. The van der Waals surface area contributed by atoms with Crippen LogP contribution in [-0.2, 0) is 6.54 Å². The van der Waals surface area contributed by atoms with E-state index in [4.69, 9.17) is 9.47 Å². The first kappa shape index (κ1) is 23.7. The average Bonchev–Trinajstić information content (AvgIpc) is 3.11. The summed E-state index contributed by atoms with van der Waals surface area (Å²) in [4.78, 5) is 4.45. The lowest BCUT2D eigenvalue weighted by Gasteiger charge is -2.32. The Bertz CT molecular complexity index is 700. The van der Waals surface area contributed by atoms with E-state index in [0.717, 1.165) is 32.1 Å². The lowest BCUT2D eigenvalue weighted by molar-refractivity contribution is -0.0505. The van der Waals surface area contributed by atoms with Crippen molar-refractivity contribution in [1.29, 1.82) is 0 Å². The maximum atomic E-state index is 12.8. The highest BCUT2D eigenvalue weighted by Gasteiger charge is 2.29. The van der Waals surface area contributed by atoms with Gasteiger partial charge in [-0.3, -0.25) is 0 Å². The summed E-state index contributed by atoms with van der Waals surface area (Å²) in [5.74, 6) is 1.35. The van der Waals surface area contributed by atoms with E-state index < -0.39 is 12.2 Å². The summed E-state index contributed by atoms with van der Waals surface area (Å²) in [7, 11) is 0. The van der Waals surface area contributed by atoms with Crippen molar-refractivity contribution < 1.29 is 28.1 Å². The van der Waals surface area contributed by atoms with Gasteiger partial charge in [-0.2, -0.15) is 8.78 Å². The number of aliphatic imine (C=N–C) groups is 1. The molecule has 0 radical (unpaired) electrons. The van der Waals surface area contributed by atoms with Crippen LogP contribution < -0.4 is 24.8 Å². The maximum absolute atomic E-state index is 12.8. The summed E-state index contributed by atoms with van der Waals surface area (Å²) in [5.41, 5.74) is -0.282. The smallest absolute Gasteiger partial charge is 0.387 e. The van der Waals surface area contributed by atoms with Crippen molar-refractivity contribution in [2.24, 2.45) is 4.99 Å². The van der Waals surface area contributed by atoms with Gasteiger partial charge in [0.15, 0.2) is 17.5 Å². The molecule has 3 rings (SSSR count). The van der Waals surface area contributed by atoms with Crippen LogP contribution in [0.15, 0.2) is 17.1 Å². The van der Waals surface area contributed by atoms with Crippen molar-refractivity contribution in [3.8, 4) is 17.2 Å². The summed E-state index contributed by atoms with van der Waals surface area (Å²) >= 11 is 0. The Morgan fingerprint density at radius 1 is 1.21 bits per heavy atom. The van der Waals surface area contributed by atoms with Gasteiger partial charge in [0.05, 0.1) is 12.1 Å². The van der Waals surface area contributed by atoms with E-state index in [9.17, 15) is 13.9 Å². The minimum Gasteiger partial charge on any atom is -0.454 e. The summed E-state index contributed by atoms with van der Waals surface area (Å²) in [6.07, 6.45) is 4.68. The van der Waals surface area contributed by atoms with Crippen LogP contribution in [0.4, 0.5) is 8.78 Å². The number of nitrogens with one attached hydrogen (secondary N) is 2. The molecule has 7 nitrogen and oxygen atoms in total. The third-order valence-electron chi connectivity index (χ3n) is 4.89. The third-order valence-corrected chi connectivity index (χ3v) is 4.89. The van der Waals surface area contributed by atoms with E-state index in [-0.39, 0.29) is 43.1 Å². The first-order valence-corrected chi connectivity index (χ1v) is 9.61. The molecular formula is C19H28F2IN3O4. The second-order valence-corrected chi connectivity index (χ2v) is 7.03. The van der Waals surface area contributed by atoms with Crippen molar-refractivity contribution >= 4 is 29.9 Å². The van der Waals surface area contributed by atoms with E-state index in [2.05, 4.69) is 20.4 Å². The molecule has 0 amide bonds. The fourth-order valence-corrected chi connectivity index (χ4v) is 3.44. The van der Waals surface area contributed by atoms with Gasteiger partial charge in [-0.15, -0.1) is 24.0 Å². The highest BCUT2D eigenvalue weighted by Crippen LogP contribution is 2.39. The minimum absolute atomic E-state index is 0. The van der Waals surface area contributed by atoms with Gasteiger partial charge in [0.2, 0.25) is 6.79 Å². The molecule has 10 heteroatoms. The highest BCUT2D eigenvalue weighted by atomic mass is 127. The molecule has 1 heterocycles.